The zero-order chi connectivity index (χ0) is 17.7. The fourth-order valence-corrected chi connectivity index (χ4v) is 2.63. The Bertz CT molecular complexity index is 502. The highest BCUT2D eigenvalue weighted by Gasteiger charge is 2.36. The van der Waals surface area contributed by atoms with Gasteiger partial charge in [0.1, 0.15) is 0 Å². The van der Waals surface area contributed by atoms with Crippen molar-refractivity contribution in [3.63, 3.8) is 0 Å². The number of carbonyl (C=O) groups excluding carboxylic acids is 4. The fraction of sp³-hybridized carbons (Fsp3) is 0.667. The summed E-state index contributed by atoms with van der Waals surface area (Å²) in [6, 6.07) is -1.41. The summed E-state index contributed by atoms with van der Waals surface area (Å²) in [5, 5.41) is 7.37. The Morgan fingerprint density at radius 3 is 1.96 bits per heavy atom. The first-order valence-corrected chi connectivity index (χ1v) is 7.62. The molecule has 2 heterocycles. The SMILES string of the molecule is CNC(=O)N1C(=O)N(P)CC1C.CNC(=O)N1C(=O)NCC1C. The van der Waals surface area contributed by atoms with Crippen LogP contribution in [-0.2, 0) is 0 Å². The minimum absolute atomic E-state index is 0.0533. The summed E-state index contributed by atoms with van der Waals surface area (Å²) in [5.41, 5.74) is 0. The molecule has 2 saturated heterocycles. The molecule has 0 saturated carbocycles. The first kappa shape index (κ1) is 19.0. The van der Waals surface area contributed by atoms with Crippen molar-refractivity contribution in [2.45, 2.75) is 25.9 Å². The lowest BCUT2D eigenvalue weighted by Crippen LogP contribution is -2.43. The number of hydrogen-bond donors (Lipinski definition) is 3. The van der Waals surface area contributed by atoms with Crippen LogP contribution in [0.3, 0.4) is 0 Å². The van der Waals surface area contributed by atoms with E-state index in [1.165, 1.54) is 28.6 Å². The molecule has 2 aliphatic heterocycles. The van der Waals surface area contributed by atoms with E-state index in [4.69, 9.17) is 0 Å². The van der Waals surface area contributed by atoms with Gasteiger partial charge in [0.15, 0.2) is 0 Å². The molecule has 0 aromatic carbocycles. The molecule has 2 fully saturated rings. The van der Waals surface area contributed by atoms with Gasteiger partial charge in [0.2, 0.25) is 0 Å². The summed E-state index contributed by atoms with van der Waals surface area (Å²) < 4.78 is 1.44. The fourth-order valence-electron chi connectivity index (χ4n) is 2.20. The highest BCUT2D eigenvalue weighted by Crippen LogP contribution is 2.18. The molecule has 3 unspecified atom stereocenters. The van der Waals surface area contributed by atoms with Gasteiger partial charge in [-0.25, -0.2) is 29.0 Å². The van der Waals surface area contributed by atoms with E-state index >= 15 is 0 Å². The lowest BCUT2D eigenvalue weighted by molar-refractivity contribution is 0.187. The molecule has 23 heavy (non-hydrogen) atoms. The van der Waals surface area contributed by atoms with Gasteiger partial charge >= 0.3 is 24.1 Å². The minimum Gasteiger partial charge on any atom is -0.341 e. The molecule has 0 bridgehead atoms. The van der Waals surface area contributed by atoms with Crippen molar-refractivity contribution in [3.05, 3.63) is 0 Å². The van der Waals surface area contributed by atoms with E-state index in [0.717, 1.165) is 0 Å². The van der Waals surface area contributed by atoms with Crippen molar-refractivity contribution in [1.29, 1.82) is 0 Å². The maximum Gasteiger partial charge on any atom is 0.331 e. The third kappa shape index (κ3) is 4.22. The third-order valence-corrected chi connectivity index (χ3v) is 3.86. The highest BCUT2D eigenvalue weighted by atomic mass is 31.0. The standard InChI is InChI=1S/C6H12N3O2P.C6H11N3O2/c1-4-3-8(12)6(11)9(4)5(10)7-2;1-4-3-8-6(11)9(4)5(10)7-2/h4H,3,12H2,1-2H3,(H,7,10);4H,3H2,1-2H3,(H,7,10)(H,8,11). The van der Waals surface area contributed by atoms with Gasteiger partial charge in [0.05, 0.1) is 12.1 Å². The second kappa shape index (κ2) is 7.96. The van der Waals surface area contributed by atoms with Gasteiger partial charge in [-0.2, -0.15) is 0 Å². The molecule has 3 atom stereocenters. The number of rotatable bonds is 0. The zero-order valence-corrected chi connectivity index (χ0v) is 14.8. The summed E-state index contributed by atoms with van der Waals surface area (Å²) in [7, 11) is 5.30. The molecule has 130 valence electrons. The number of urea groups is 4. The van der Waals surface area contributed by atoms with Crippen molar-refractivity contribution in [1.82, 2.24) is 30.4 Å². The van der Waals surface area contributed by atoms with E-state index < -0.39 is 0 Å². The predicted octanol–water partition coefficient (Wildman–Crippen LogP) is -0.0185. The summed E-state index contributed by atoms with van der Waals surface area (Å²) >= 11 is 0. The maximum atomic E-state index is 11.3. The van der Waals surface area contributed by atoms with Gasteiger partial charge in [0, 0.05) is 27.2 Å². The lowest BCUT2D eigenvalue weighted by atomic mass is 10.3. The second-order valence-electron chi connectivity index (χ2n) is 5.17. The molecule has 0 radical (unpaired) electrons. The van der Waals surface area contributed by atoms with Gasteiger partial charge < -0.3 is 20.6 Å². The van der Waals surface area contributed by atoms with Crippen LogP contribution in [0, 0.1) is 0 Å². The molecule has 2 aliphatic rings. The number of carbonyl (C=O) groups is 4. The number of amides is 8. The van der Waals surface area contributed by atoms with Crippen molar-refractivity contribution in [2.24, 2.45) is 0 Å². The lowest BCUT2D eigenvalue weighted by Gasteiger charge is -2.16. The van der Waals surface area contributed by atoms with E-state index in [9.17, 15) is 19.2 Å². The van der Waals surface area contributed by atoms with E-state index in [0.29, 0.717) is 13.1 Å². The van der Waals surface area contributed by atoms with Crippen LogP contribution in [0.4, 0.5) is 19.2 Å². The number of imide groups is 2. The van der Waals surface area contributed by atoms with E-state index in [2.05, 4.69) is 25.3 Å². The molecule has 0 aromatic heterocycles. The van der Waals surface area contributed by atoms with Gasteiger partial charge in [-0.3, -0.25) is 0 Å². The van der Waals surface area contributed by atoms with Crippen molar-refractivity contribution >= 4 is 33.5 Å². The normalized spacial score (nSPS) is 23.3. The topological polar surface area (TPSA) is 114 Å². The molecule has 8 amide bonds. The maximum absolute atomic E-state index is 11.3. The Hall–Kier alpha value is -2.09. The molecule has 0 aliphatic carbocycles. The van der Waals surface area contributed by atoms with Crippen molar-refractivity contribution in [2.75, 3.05) is 27.2 Å². The van der Waals surface area contributed by atoms with Crippen molar-refractivity contribution < 1.29 is 19.2 Å². The van der Waals surface area contributed by atoms with Crippen LogP contribution in [0.1, 0.15) is 13.8 Å². The molecular formula is C12H23N6O4P. The molecule has 11 heteroatoms. The molecule has 10 nitrogen and oxygen atoms in total. The van der Waals surface area contributed by atoms with Crippen LogP contribution in [0.2, 0.25) is 0 Å². The van der Waals surface area contributed by atoms with Crippen LogP contribution in [0.25, 0.3) is 0 Å². The largest absolute Gasteiger partial charge is 0.341 e. The summed E-state index contributed by atoms with van der Waals surface area (Å²) in [6.45, 7) is 4.74. The van der Waals surface area contributed by atoms with Gasteiger partial charge in [0.25, 0.3) is 0 Å². The zero-order valence-electron chi connectivity index (χ0n) is 13.6. The first-order valence-electron chi connectivity index (χ1n) is 7.10. The van der Waals surface area contributed by atoms with Crippen LogP contribution in [-0.4, -0.2) is 77.9 Å². The monoisotopic (exact) mass is 346 g/mol. The van der Waals surface area contributed by atoms with E-state index in [-0.39, 0.29) is 36.2 Å². The van der Waals surface area contributed by atoms with Gasteiger partial charge in [-0.1, -0.05) is 0 Å². The summed E-state index contributed by atoms with van der Waals surface area (Å²) in [4.78, 5) is 46.7. The Kier molecular flexibility index (Phi) is 6.56. The van der Waals surface area contributed by atoms with Crippen molar-refractivity contribution in [3.8, 4) is 0 Å². The van der Waals surface area contributed by atoms with E-state index in [1.807, 2.05) is 13.8 Å². The smallest absolute Gasteiger partial charge is 0.331 e. The first-order chi connectivity index (χ1) is 10.7. The summed E-state index contributed by atoms with van der Waals surface area (Å²) in [5.74, 6) is 0. The Morgan fingerprint density at radius 2 is 1.61 bits per heavy atom. The predicted molar refractivity (Wildman–Crippen MR) is 86.7 cm³/mol. The molecule has 0 spiro atoms. The molecule has 2 rings (SSSR count). The van der Waals surface area contributed by atoms with Crippen LogP contribution in [0.15, 0.2) is 0 Å². The Morgan fingerprint density at radius 1 is 1.09 bits per heavy atom. The van der Waals surface area contributed by atoms with Crippen LogP contribution < -0.4 is 16.0 Å². The summed E-state index contributed by atoms with van der Waals surface area (Å²) in [6.07, 6.45) is 0. The third-order valence-electron chi connectivity index (χ3n) is 3.43. The van der Waals surface area contributed by atoms with Crippen LogP contribution in [0.5, 0.6) is 0 Å². The highest BCUT2D eigenvalue weighted by molar-refractivity contribution is 7.14. The average Bonchev–Trinajstić information content (AvgIpc) is 2.97. The molecule has 0 aromatic rings. The minimum atomic E-state index is -0.354. The molecule has 3 N–H and O–H groups in total. The quantitative estimate of drug-likeness (QED) is 0.535. The van der Waals surface area contributed by atoms with Crippen LogP contribution >= 0.6 is 9.39 Å². The van der Waals surface area contributed by atoms with Gasteiger partial charge in [-0.15, -0.1) is 0 Å². The number of nitrogens with zero attached hydrogens (tertiary/aromatic N) is 3. The Balaban J connectivity index is 0.000000231. The number of hydrogen-bond acceptors (Lipinski definition) is 4. The molecular weight excluding hydrogens is 323 g/mol. The average molecular weight is 346 g/mol. The Labute approximate surface area is 137 Å². The number of nitrogens with one attached hydrogen (secondary N) is 3. The van der Waals surface area contributed by atoms with E-state index in [1.54, 1.807) is 0 Å². The second-order valence-corrected chi connectivity index (χ2v) is 5.79. The van der Waals surface area contributed by atoms with Gasteiger partial charge in [-0.05, 0) is 23.2 Å².